The fourth-order valence-corrected chi connectivity index (χ4v) is 4.10. The van der Waals surface area contributed by atoms with E-state index in [4.69, 9.17) is 10.2 Å². The zero-order chi connectivity index (χ0) is 23.3. The Morgan fingerprint density at radius 1 is 0.848 bits per heavy atom. The topological polar surface area (TPSA) is 46.0 Å². The van der Waals surface area contributed by atoms with Gasteiger partial charge in [-0.25, -0.2) is 0 Å². The third-order valence-electron chi connectivity index (χ3n) is 5.95. The van der Waals surface area contributed by atoms with Crippen LogP contribution in [0.4, 0.5) is 0 Å². The van der Waals surface area contributed by atoms with Gasteiger partial charge in [-0.15, -0.1) is 0 Å². The predicted octanol–water partition coefficient (Wildman–Crippen LogP) is 5.68. The summed E-state index contributed by atoms with van der Waals surface area (Å²) in [7, 11) is 0. The average molecular weight is 448 g/mol. The minimum Gasteiger partial charge on any atom is -0.311 e. The van der Waals surface area contributed by atoms with Crippen LogP contribution in [0, 0.1) is 6.92 Å². The molecular weight excluding hydrogens is 406 g/mol. The second-order valence-corrected chi connectivity index (χ2v) is 8.96. The Hall–Kier alpha value is -2.50. The highest BCUT2D eigenvalue weighted by molar-refractivity contribution is 5.60. The summed E-state index contributed by atoms with van der Waals surface area (Å²) in [5.74, 6) is 0. The molecule has 0 saturated heterocycles. The quantitative estimate of drug-likeness (QED) is 0.304. The fraction of sp³-hybridized carbons (Fsp3) is 0.500. The lowest BCUT2D eigenvalue weighted by Crippen LogP contribution is -2.29. The number of nitrogens with one attached hydrogen (secondary N) is 1. The number of rotatable bonds is 15. The molecular formula is C28H41N5. The molecule has 1 N–H and O–H groups in total. The SMILES string of the molecule is CCCCN(CCCC)CCCNCc1nn(Cc2cccc(C)c2)nc1-c1ccccc1. The van der Waals surface area contributed by atoms with Crippen molar-refractivity contribution >= 4 is 0 Å². The van der Waals surface area contributed by atoms with Gasteiger partial charge in [-0.1, -0.05) is 86.8 Å². The predicted molar refractivity (Wildman–Crippen MR) is 138 cm³/mol. The molecule has 5 heteroatoms. The summed E-state index contributed by atoms with van der Waals surface area (Å²) in [5.41, 5.74) is 5.60. The van der Waals surface area contributed by atoms with Gasteiger partial charge in [-0.3, -0.25) is 0 Å². The highest BCUT2D eigenvalue weighted by Crippen LogP contribution is 2.20. The summed E-state index contributed by atoms with van der Waals surface area (Å²) < 4.78 is 0. The highest BCUT2D eigenvalue weighted by atomic mass is 15.5. The van der Waals surface area contributed by atoms with Crippen molar-refractivity contribution in [2.75, 3.05) is 26.2 Å². The van der Waals surface area contributed by atoms with Crippen LogP contribution < -0.4 is 5.32 Å². The standard InChI is InChI=1S/C28H41N5/c1-4-6-18-32(19-7-5-2)20-12-17-29-22-27-28(26-15-9-8-10-16-26)31-33(30-27)23-25-14-11-13-24(3)21-25/h8-11,13-16,21,29H,4-7,12,17-20,22-23H2,1-3H3. The molecule has 3 rings (SSSR count). The van der Waals surface area contributed by atoms with Gasteiger partial charge in [0, 0.05) is 12.1 Å². The minimum atomic E-state index is 0.686. The van der Waals surface area contributed by atoms with E-state index in [1.807, 2.05) is 10.9 Å². The van der Waals surface area contributed by atoms with Crippen LogP contribution in [0.3, 0.4) is 0 Å². The number of aryl methyl sites for hydroxylation is 1. The fourth-order valence-electron chi connectivity index (χ4n) is 4.10. The molecule has 1 heterocycles. The van der Waals surface area contributed by atoms with E-state index >= 15 is 0 Å². The summed E-state index contributed by atoms with van der Waals surface area (Å²) in [6, 6.07) is 19.0. The normalized spacial score (nSPS) is 11.4. The molecule has 0 aliphatic rings. The van der Waals surface area contributed by atoms with Gasteiger partial charge in [0.1, 0.15) is 11.4 Å². The third kappa shape index (κ3) is 8.41. The number of hydrogen-bond acceptors (Lipinski definition) is 4. The molecule has 0 spiro atoms. The maximum absolute atomic E-state index is 4.86. The molecule has 178 valence electrons. The van der Waals surface area contributed by atoms with Crippen LogP contribution in [-0.2, 0) is 13.1 Å². The van der Waals surface area contributed by atoms with Crippen LogP contribution in [0.15, 0.2) is 54.6 Å². The lowest BCUT2D eigenvalue weighted by atomic mass is 10.1. The number of nitrogens with zero attached hydrogens (tertiary/aromatic N) is 4. The van der Waals surface area contributed by atoms with E-state index in [1.54, 1.807) is 0 Å². The van der Waals surface area contributed by atoms with Crippen LogP contribution in [0.25, 0.3) is 11.3 Å². The largest absolute Gasteiger partial charge is 0.311 e. The van der Waals surface area contributed by atoms with Crippen LogP contribution in [0.2, 0.25) is 0 Å². The van der Waals surface area contributed by atoms with Crippen molar-refractivity contribution in [3.8, 4) is 11.3 Å². The Bertz CT molecular complexity index is 926. The zero-order valence-corrected chi connectivity index (χ0v) is 20.8. The molecule has 0 amide bonds. The summed E-state index contributed by atoms with van der Waals surface area (Å²) >= 11 is 0. The van der Waals surface area contributed by atoms with Crippen LogP contribution >= 0.6 is 0 Å². The van der Waals surface area contributed by atoms with Gasteiger partial charge in [-0.05, 0) is 57.9 Å². The molecule has 0 aliphatic carbocycles. The van der Waals surface area contributed by atoms with Crippen molar-refractivity contribution in [3.63, 3.8) is 0 Å². The molecule has 2 aromatic carbocycles. The smallest absolute Gasteiger partial charge is 0.117 e. The summed E-state index contributed by atoms with van der Waals surface area (Å²) in [6.45, 7) is 12.7. The Balaban J connectivity index is 1.59. The Labute approximate surface area is 200 Å². The Morgan fingerprint density at radius 2 is 1.58 bits per heavy atom. The molecule has 0 unspecified atom stereocenters. The molecule has 1 aromatic heterocycles. The molecule has 33 heavy (non-hydrogen) atoms. The van der Waals surface area contributed by atoms with Gasteiger partial charge in [0.05, 0.1) is 6.54 Å². The average Bonchev–Trinajstić information content (AvgIpc) is 3.23. The number of benzene rings is 2. The van der Waals surface area contributed by atoms with Crippen LogP contribution in [-0.4, -0.2) is 46.1 Å². The molecule has 0 atom stereocenters. The van der Waals surface area contributed by atoms with Crippen molar-refractivity contribution in [1.82, 2.24) is 25.2 Å². The second-order valence-electron chi connectivity index (χ2n) is 8.96. The van der Waals surface area contributed by atoms with Crippen molar-refractivity contribution in [3.05, 3.63) is 71.4 Å². The van der Waals surface area contributed by atoms with E-state index in [1.165, 1.54) is 56.4 Å². The summed E-state index contributed by atoms with van der Waals surface area (Å²) in [5, 5.41) is 13.3. The second kappa shape index (κ2) is 13.9. The van der Waals surface area contributed by atoms with Gasteiger partial charge in [0.25, 0.3) is 0 Å². The monoisotopic (exact) mass is 447 g/mol. The van der Waals surface area contributed by atoms with E-state index in [-0.39, 0.29) is 0 Å². The molecule has 0 bridgehead atoms. The molecule has 0 saturated carbocycles. The molecule has 0 aliphatic heterocycles. The van der Waals surface area contributed by atoms with E-state index in [0.717, 1.165) is 36.5 Å². The first kappa shape index (κ1) is 25.1. The van der Waals surface area contributed by atoms with E-state index in [0.29, 0.717) is 6.54 Å². The highest BCUT2D eigenvalue weighted by Gasteiger charge is 2.13. The third-order valence-corrected chi connectivity index (χ3v) is 5.95. The van der Waals surface area contributed by atoms with E-state index in [2.05, 4.69) is 79.5 Å². The number of aromatic nitrogens is 3. The van der Waals surface area contributed by atoms with Gasteiger partial charge in [0.2, 0.25) is 0 Å². The van der Waals surface area contributed by atoms with Crippen molar-refractivity contribution < 1.29 is 0 Å². The first-order valence-corrected chi connectivity index (χ1v) is 12.7. The lowest BCUT2D eigenvalue weighted by molar-refractivity contribution is 0.261. The van der Waals surface area contributed by atoms with Crippen molar-refractivity contribution in [1.29, 1.82) is 0 Å². The van der Waals surface area contributed by atoms with Crippen molar-refractivity contribution in [2.45, 2.75) is 66.0 Å². The zero-order valence-electron chi connectivity index (χ0n) is 20.8. The summed E-state index contributed by atoms with van der Waals surface area (Å²) in [4.78, 5) is 4.47. The van der Waals surface area contributed by atoms with Crippen molar-refractivity contribution in [2.24, 2.45) is 0 Å². The van der Waals surface area contributed by atoms with Gasteiger partial charge in [-0.2, -0.15) is 15.0 Å². The lowest BCUT2D eigenvalue weighted by Gasteiger charge is -2.21. The Morgan fingerprint density at radius 3 is 2.27 bits per heavy atom. The van der Waals surface area contributed by atoms with Gasteiger partial charge < -0.3 is 10.2 Å². The number of hydrogen-bond donors (Lipinski definition) is 1. The molecule has 3 aromatic rings. The van der Waals surface area contributed by atoms with Crippen LogP contribution in [0.5, 0.6) is 0 Å². The van der Waals surface area contributed by atoms with Gasteiger partial charge in [0.15, 0.2) is 0 Å². The van der Waals surface area contributed by atoms with E-state index < -0.39 is 0 Å². The van der Waals surface area contributed by atoms with E-state index in [9.17, 15) is 0 Å². The number of unbranched alkanes of at least 4 members (excludes halogenated alkanes) is 2. The minimum absolute atomic E-state index is 0.686. The first-order chi connectivity index (χ1) is 16.2. The Kier molecular flexibility index (Phi) is 10.6. The molecule has 0 radical (unpaired) electrons. The maximum Gasteiger partial charge on any atom is 0.117 e. The molecule has 0 fully saturated rings. The first-order valence-electron chi connectivity index (χ1n) is 12.7. The molecule has 5 nitrogen and oxygen atoms in total. The van der Waals surface area contributed by atoms with Crippen LogP contribution in [0.1, 0.15) is 62.8 Å². The summed E-state index contributed by atoms with van der Waals surface area (Å²) in [6.07, 6.45) is 6.28. The maximum atomic E-state index is 4.86. The van der Waals surface area contributed by atoms with Gasteiger partial charge >= 0.3 is 0 Å².